The lowest BCUT2D eigenvalue weighted by atomic mass is 10.1. The number of rotatable bonds is 5. The van der Waals surface area contributed by atoms with Crippen LogP contribution in [0.2, 0.25) is 5.02 Å². The Balaban J connectivity index is 1.72. The van der Waals surface area contributed by atoms with Gasteiger partial charge in [0.05, 0.1) is 17.2 Å². The Morgan fingerprint density at radius 2 is 1.76 bits per heavy atom. The van der Waals surface area contributed by atoms with Crippen LogP contribution < -0.4 is 5.32 Å². The van der Waals surface area contributed by atoms with Crippen molar-refractivity contribution in [2.24, 2.45) is 0 Å². The molecule has 1 N–H and O–H groups in total. The summed E-state index contributed by atoms with van der Waals surface area (Å²) in [7, 11) is 0. The topological polar surface area (TPSA) is 115 Å². The van der Waals surface area contributed by atoms with Crippen LogP contribution in [0.15, 0.2) is 60.2 Å². The number of barbiturate groups is 1. The molecule has 34 heavy (non-hydrogen) atoms. The average Bonchev–Trinajstić information content (AvgIpc) is 3.08. The molecule has 4 amide bonds. The van der Waals surface area contributed by atoms with E-state index in [0.717, 1.165) is 16.2 Å². The summed E-state index contributed by atoms with van der Waals surface area (Å²) in [5.74, 6) is -1.49. The highest BCUT2D eigenvalue weighted by Gasteiger charge is 2.36. The van der Waals surface area contributed by atoms with Gasteiger partial charge in [-0.15, -0.1) is 0 Å². The van der Waals surface area contributed by atoms with Gasteiger partial charge in [0.1, 0.15) is 10.6 Å². The number of nitro groups is 1. The predicted octanol–water partition coefficient (Wildman–Crippen LogP) is 4.32. The minimum atomic E-state index is -0.786. The number of amides is 4. The standard InChI is InChI=1S/C24H19ClN4O5/c1-14-10-17(15(2)28(14)18-8-9-20(25)21(12-18)29(33)34)11-19-22(30)26-24(32)27(23(19)31)13-16-6-4-3-5-7-16/h3-12H,13H2,1-2H3,(H,26,30,32)/b19-11-. The molecule has 4 rings (SSSR count). The van der Waals surface area contributed by atoms with Gasteiger partial charge >= 0.3 is 6.03 Å². The molecule has 1 aliphatic heterocycles. The third kappa shape index (κ3) is 4.20. The molecule has 0 saturated carbocycles. The second-order valence-corrected chi connectivity index (χ2v) is 8.16. The van der Waals surface area contributed by atoms with Crippen molar-refractivity contribution in [3.05, 3.63) is 97.8 Å². The summed E-state index contributed by atoms with van der Waals surface area (Å²) in [5.41, 5.74) is 2.76. The van der Waals surface area contributed by atoms with Crippen LogP contribution in [0.3, 0.4) is 0 Å². The van der Waals surface area contributed by atoms with E-state index in [1.165, 1.54) is 18.2 Å². The van der Waals surface area contributed by atoms with E-state index < -0.39 is 22.8 Å². The van der Waals surface area contributed by atoms with Gasteiger partial charge in [-0.05, 0) is 49.2 Å². The first kappa shape index (κ1) is 22.9. The molecule has 3 aromatic rings. The second-order valence-electron chi connectivity index (χ2n) is 7.75. The molecule has 1 aromatic heterocycles. The first-order valence-corrected chi connectivity index (χ1v) is 10.6. The Kier molecular flexibility index (Phi) is 6.04. The molecular weight excluding hydrogens is 460 g/mol. The summed E-state index contributed by atoms with van der Waals surface area (Å²) in [4.78, 5) is 49.6. The lowest BCUT2D eigenvalue weighted by Gasteiger charge is -2.26. The number of benzene rings is 2. The van der Waals surface area contributed by atoms with Crippen molar-refractivity contribution in [2.45, 2.75) is 20.4 Å². The number of carbonyl (C=O) groups excluding carboxylic acids is 3. The predicted molar refractivity (Wildman–Crippen MR) is 125 cm³/mol. The van der Waals surface area contributed by atoms with Crippen LogP contribution in [0.4, 0.5) is 10.5 Å². The van der Waals surface area contributed by atoms with E-state index in [9.17, 15) is 24.5 Å². The molecule has 0 unspecified atom stereocenters. The van der Waals surface area contributed by atoms with Crippen molar-refractivity contribution < 1.29 is 19.3 Å². The first-order valence-electron chi connectivity index (χ1n) is 10.2. The number of hydrogen-bond acceptors (Lipinski definition) is 5. The van der Waals surface area contributed by atoms with Crippen LogP contribution in [0.25, 0.3) is 11.8 Å². The van der Waals surface area contributed by atoms with E-state index in [2.05, 4.69) is 5.32 Å². The molecule has 1 aliphatic rings. The summed E-state index contributed by atoms with van der Waals surface area (Å²) < 4.78 is 1.76. The molecule has 2 heterocycles. The number of nitrogens with zero attached hydrogens (tertiary/aromatic N) is 3. The fraction of sp³-hybridized carbons (Fsp3) is 0.125. The molecule has 0 radical (unpaired) electrons. The van der Waals surface area contributed by atoms with Gasteiger partial charge in [0, 0.05) is 17.5 Å². The first-order chi connectivity index (χ1) is 16.2. The highest BCUT2D eigenvalue weighted by molar-refractivity contribution is 6.32. The van der Waals surface area contributed by atoms with Crippen LogP contribution in [-0.4, -0.2) is 32.2 Å². The van der Waals surface area contributed by atoms with E-state index in [-0.39, 0.29) is 22.8 Å². The van der Waals surface area contributed by atoms with Gasteiger partial charge in [-0.2, -0.15) is 0 Å². The fourth-order valence-corrected chi connectivity index (χ4v) is 4.06. The van der Waals surface area contributed by atoms with Crippen LogP contribution in [-0.2, 0) is 16.1 Å². The summed E-state index contributed by atoms with van der Waals surface area (Å²) in [6.45, 7) is 3.57. The normalized spacial score (nSPS) is 15.1. The molecule has 9 nitrogen and oxygen atoms in total. The van der Waals surface area contributed by atoms with E-state index in [1.807, 2.05) is 6.07 Å². The largest absolute Gasteiger partial charge is 0.331 e. The number of halogens is 1. The molecule has 2 aromatic carbocycles. The molecule has 0 bridgehead atoms. The van der Waals surface area contributed by atoms with E-state index >= 15 is 0 Å². The Morgan fingerprint density at radius 1 is 1.06 bits per heavy atom. The number of hydrogen-bond donors (Lipinski definition) is 1. The summed E-state index contributed by atoms with van der Waals surface area (Å²) in [5, 5.41) is 13.5. The highest BCUT2D eigenvalue weighted by Crippen LogP contribution is 2.30. The molecule has 1 saturated heterocycles. The van der Waals surface area contributed by atoms with Crippen molar-refractivity contribution in [1.29, 1.82) is 0 Å². The van der Waals surface area contributed by atoms with Crippen molar-refractivity contribution in [2.75, 3.05) is 0 Å². The lowest BCUT2D eigenvalue weighted by molar-refractivity contribution is -0.384. The fourth-order valence-electron chi connectivity index (χ4n) is 3.87. The van der Waals surface area contributed by atoms with E-state index in [1.54, 1.807) is 54.8 Å². The summed E-state index contributed by atoms with van der Waals surface area (Å²) >= 11 is 5.93. The van der Waals surface area contributed by atoms with Gasteiger partial charge in [-0.1, -0.05) is 41.9 Å². The second kappa shape index (κ2) is 8.95. The summed E-state index contributed by atoms with van der Waals surface area (Å²) in [6, 6.07) is 14.4. The molecule has 0 atom stereocenters. The Bertz CT molecular complexity index is 1380. The summed E-state index contributed by atoms with van der Waals surface area (Å²) in [6.07, 6.45) is 1.42. The number of aryl methyl sites for hydroxylation is 1. The minimum absolute atomic E-state index is 0.0175. The molecular formula is C24H19ClN4O5. The van der Waals surface area contributed by atoms with E-state index in [0.29, 0.717) is 16.9 Å². The minimum Gasteiger partial charge on any atom is -0.318 e. The van der Waals surface area contributed by atoms with Crippen molar-refractivity contribution in [3.63, 3.8) is 0 Å². The van der Waals surface area contributed by atoms with Crippen LogP contribution in [0.1, 0.15) is 22.5 Å². The van der Waals surface area contributed by atoms with Crippen molar-refractivity contribution in [1.82, 2.24) is 14.8 Å². The molecule has 172 valence electrons. The molecule has 0 aliphatic carbocycles. The van der Waals surface area contributed by atoms with Crippen LogP contribution >= 0.6 is 11.6 Å². The number of imide groups is 2. The van der Waals surface area contributed by atoms with Crippen LogP contribution in [0.5, 0.6) is 0 Å². The van der Waals surface area contributed by atoms with Gasteiger partial charge in [-0.25, -0.2) is 4.79 Å². The van der Waals surface area contributed by atoms with Gasteiger partial charge in [0.25, 0.3) is 17.5 Å². The SMILES string of the molecule is Cc1cc(/C=C2/C(=O)NC(=O)N(Cc3ccccc3)C2=O)c(C)n1-c1ccc(Cl)c([N+](=O)[O-])c1. The quantitative estimate of drug-likeness (QED) is 0.254. The van der Waals surface area contributed by atoms with Crippen LogP contribution in [0, 0.1) is 24.0 Å². The molecule has 0 spiro atoms. The van der Waals surface area contributed by atoms with Gasteiger partial charge in [-0.3, -0.25) is 29.9 Å². The number of aromatic nitrogens is 1. The molecule has 10 heteroatoms. The maximum atomic E-state index is 13.1. The number of carbonyl (C=O) groups is 3. The Labute approximate surface area is 199 Å². The third-order valence-electron chi connectivity index (χ3n) is 5.52. The number of nitrogens with one attached hydrogen (secondary N) is 1. The number of nitro benzene ring substituents is 1. The van der Waals surface area contributed by atoms with Crippen molar-refractivity contribution >= 4 is 41.2 Å². The van der Waals surface area contributed by atoms with Gasteiger partial charge < -0.3 is 4.57 Å². The molecule has 1 fully saturated rings. The lowest BCUT2D eigenvalue weighted by Crippen LogP contribution is -2.53. The van der Waals surface area contributed by atoms with Gasteiger partial charge in [0.15, 0.2) is 0 Å². The maximum Gasteiger partial charge on any atom is 0.331 e. The van der Waals surface area contributed by atoms with Crippen molar-refractivity contribution in [3.8, 4) is 5.69 Å². The third-order valence-corrected chi connectivity index (χ3v) is 5.84. The Hall–Kier alpha value is -4.24. The van der Waals surface area contributed by atoms with E-state index in [4.69, 9.17) is 11.6 Å². The zero-order valence-electron chi connectivity index (χ0n) is 18.2. The average molecular weight is 479 g/mol. The van der Waals surface area contributed by atoms with Gasteiger partial charge in [0.2, 0.25) is 0 Å². The maximum absolute atomic E-state index is 13.1. The smallest absolute Gasteiger partial charge is 0.318 e. The zero-order chi connectivity index (χ0) is 24.6. The Morgan fingerprint density at radius 3 is 2.44 bits per heavy atom. The number of urea groups is 1. The highest BCUT2D eigenvalue weighted by atomic mass is 35.5. The zero-order valence-corrected chi connectivity index (χ0v) is 19.0. The monoisotopic (exact) mass is 478 g/mol.